The van der Waals surface area contributed by atoms with E-state index in [9.17, 15) is 14.3 Å². The number of amides is 1. The van der Waals surface area contributed by atoms with E-state index >= 15 is 0 Å². The zero-order valence-electron chi connectivity index (χ0n) is 17.4. The quantitative estimate of drug-likeness (QED) is 0.583. The Balaban J connectivity index is 1.63. The number of anilines is 1. The molecule has 1 amide bonds. The summed E-state index contributed by atoms with van der Waals surface area (Å²) in [7, 11) is 0. The van der Waals surface area contributed by atoms with E-state index in [1.807, 2.05) is 6.92 Å². The van der Waals surface area contributed by atoms with E-state index < -0.39 is 5.82 Å². The third kappa shape index (κ3) is 3.15. The van der Waals surface area contributed by atoms with Crippen molar-refractivity contribution in [1.82, 2.24) is 9.88 Å². The lowest BCUT2D eigenvalue weighted by Crippen LogP contribution is -2.61. The predicted octanol–water partition coefficient (Wildman–Crippen LogP) is 4.38. The zero-order valence-corrected chi connectivity index (χ0v) is 18.1. The molecule has 2 aromatic carbocycles. The van der Waals surface area contributed by atoms with Gasteiger partial charge in [-0.25, -0.2) is 4.39 Å². The van der Waals surface area contributed by atoms with E-state index in [0.717, 1.165) is 11.1 Å². The molecule has 5 rings (SSSR count). The highest BCUT2D eigenvalue weighted by Crippen LogP contribution is 2.45. The summed E-state index contributed by atoms with van der Waals surface area (Å²) in [6.45, 7) is 7.17. The number of carbonyl (C=O) groups is 1. The summed E-state index contributed by atoms with van der Waals surface area (Å²) in [5.74, 6) is -0.212. The van der Waals surface area contributed by atoms with Crippen LogP contribution in [-0.4, -0.2) is 52.7 Å². The SMILES string of the molecule is C=CC(=O)N1C[C@@H]2COc3cnc4cc(-c5c(O)cccc5F)c(Cl)cc4c3N2C[C@H]1C. The summed E-state index contributed by atoms with van der Waals surface area (Å²) in [6.07, 6.45) is 2.99. The normalized spacial score (nSPS) is 19.8. The van der Waals surface area contributed by atoms with Crippen molar-refractivity contribution >= 4 is 34.1 Å². The lowest BCUT2D eigenvalue weighted by molar-refractivity contribution is -0.129. The molecule has 1 fully saturated rings. The van der Waals surface area contributed by atoms with Crippen LogP contribution in [-0.2, 0) is 4.79 Å². The number of benzene rings is 2. The van der Waals surface area contributed by atoms with Crippen LogP contribution in [0.5, 0.6) is 11.5 Å². The fraction of sp³-hybridized carbons (Fsp3) is 0.250. The molecule has 3 aromatic rings. The van der Waals surface area contributed by atoms with E-state index in [1.165, 1.54) is 24.3 Å². The van der Waals surface area contributed by atoms with Gasteiger partial charge in [0.25, 0.3) is 0 Å². The zero-order chi connectivity index (χ0) is 22.6. The van der Waals surface area contributed by atoms with E-state index in [0.29, 0.717) is 41.5 Å². The maximum Gasteiger partial charge on any atom is 0.246 e. The molecule has 1 aromatic heterocycles. The minimum atomic E-state index is -0.565. The number of rotatable bonds is 2. The van der Waals surface area contributed by atoms with Gasteiger partial charge in [0.05, 0.1) is 29.0 Å². The van der Waals surface area contributed by atoms with Crippen molar-refractivity contribution in [2.24, 2.45) is 0 Å². The van der Waals surface area contributed by atoms with Gasteiger partial charge in [-0.3, -0.25) is 9.78 Å². The number of ether oxygens (including phenoxy) is 1. The first-order valence-electron chi connectivity index (χ1n) is 10.3. The first-order chi connectivity index (χ1) is 15.4. The number of phenols is 1. The first-order valence-corrected chi connectivity index (χ1v) is 10.7. The van der Waals surface area contributed by atoms with Crippen molar-refractivity contribution in [2.75, 3.05) is 24.6 Å². The van der Waals surface area contributed by atoms with E-state index in [1.54, 1.807) is 23.2 Å². The third-order valence-corrected chi connectivity index (χ3v) is 6.49. The van der Waals surface area contributed by atoms with Crippen molar-refractivity contribution < 1.29 is 19.0 Å². The van der Waals surface area contributed by atoms with Gasteiger partial charge in [0.1, 0.15) is 18.2 Å². The number of hydrogen-bond donors (Lipinski definition) is 1. The molecule has 0 radical (unpaired) electrons. The monoisotopic (exact) mass is 453 g/mol. The Bertz CT molecular complexity index is 1240. The number of fused-ring (bicyclic) bond motifs is 5. The molecule has 0 unspecified atom stereocenters. The molecule has 6 nitrogen and oxygen atoms in total. The highest BCUT2D eigenvalue weighted by Gasteiger charge is 2.38. The van der Waals surface area contributed by atoms with Gasteiger partial charge in [0.15, 0.2) is 5.75 Å². The van der Waals surface area contributed by atoms with Crippen molar-refractivity contribution in [3.05, 3.63) is 60.0 Å². The van der Waals surface area contributed by atoms with Crippen molar-refractivity contribution in [3.8, 4) is 22.6 Å². The summed E-state index contributed by atoms with van der Waals surface area (Å²) >= 11 is 6.58. The Kier molecular flexibility index (Phi) is 4.93. The minimum Gasteiger partial charge on any atom is -0.507 e. The topological polar surface area (TPSA) is 65.9 Å². The van der Waals surface area contributed by atoms with E-state index in [-0.39, 0.29) is 29.3 Å². The highest BCUT2D eigenvalue weighted by atomic mass is 35.5. The number of hydrogen-bond acceptors (Lipinski definition) is 5. The van der Waals surface area contributed by atoms with Gasteiger partial charge in [-0.05, 0) is 37.3 Å². The van der Waals surface area contributed by atoms with Crippen LogP contribution in [0.15, 0.2) is 49.2 Å². The van der Waals surface area contributed by atoms with Crippen LogP contribution in [0.3, 0.4) is 0 Å². The highest BCUT2D eigenvalue weighted by molar-refractivity contribution is 6.34. The largest absolute Gasteiger partial charge is 0.507 e. The number of nitrogens with zero attached hydrogens (tertiary/aromatic N) is 3. The summed E-state index contributed by atoms with van der Waals surface area (Å²) in [6, 6.07) is 7.51. The first kappa shape index (κ1) is 20.6. The predicted molar refractivity (Wildman–Crippen MR) is 122 cm³/mol. The molecule has 3 heterocycles. The van der Waals surface area contributed by atoms with Crippen LogP contribution >= 0.6 is 11.6 Å². The summed E-state index contributed by atoms with van der Waals surface area (Å²) in [5.41, 5.74) is 1.87. The molecule has 0 spiro atoms. The molecule has 2 atom stereocenters. The second-order valence-corrected chi connectivity index (χ2v) is 8.52. The second-order valence-electron chi connectivity index (χ2n) is 8.12. The molecule has 0 saturated carbocycles. The van der Waals surface area contributed by atoms with E-state index in [4.69, 9.17) is 16.3 Å². The molecular weight excluding hydrogens is 433 g/mol. The smallest absolute Gasteiger partial charge is 0.246 e. The molecular formula is C24H21ClFN3O3. The number of pyridine rings is 1. The van der Waals surface area contributed by atoms with E-state index in [2.05, 4.69) is 16.5 Å². The Morgan fingerprint density at radius 1 is 1.38 bits per heavy atom. The molecule has 1 saturated heterocycles. The molecule has 0 bridgehead atoms. The van der Waals surface area contributed by atoms with Gasteiger partial charge in [0, 0.05) is 35.1 Å². The number of aromatic nitrogens is 1. The second kappa shape index (κ2) is 7.67. The van der Waals surface area contributed by atoms with Crippen LogP contribution in [0, 0.1) is 5.82 Å². The number of halogens is 2. The van der Waals surface area contributed by atoms with Gasteiger partial charge in [-0.1, -0.05) is 24.2 Å². The maximum atomic E-state index is 14.5. The maximum absolute atomic E-state index is 14.5. The fourth-order valence-electron chi connectivity index (χ4n) is 4.62. The molecule has 2 aliphatic rings. The Labute approximate surface area is 189 Å². The Hall–Kier alpha value is -3.32. The van der Waals surface area contributed by atoms with Gasteiger partial charge in [-0.15, -0.1) is 0 Å². The average Bonchev–Trinajstić information content (AvgIpc) is 2.78. The molecule has 164 valence electrons. The molecule has 32 heavy (non-hydrogen) atoms. The van der Waals surface area contributed by atoms with Gasteiger partial charge >= 0.3 is 0 Å². The summed E-state index contributed by atoms with van der Waals surface area (Å²) < 4.78 is 20.5. The molecule has 2 aliphatic heterocycles. The Morgan fingerprint density at radius 2 is 2.19 bits per heavy atom. The molecule has 0 aliphatic carbocycles. The number of piperazine rings is 1. The molecule has 8 heteroatoms. The van der Waals surface area contributed by atoms with Gasteiger partial charge in [0.2, 0.25) is 5.91 Å². The number of carbonyl (C=O) groups excluding carboxylic acids is 1. The Morgan fingerprint density at radius 3 is 2.94 bits per heavy atom. The van der Waals surface area contributed by atoms with Crippen LogP contribution in [0.1, 0.15) is 6.92 Å². The third-order valence-electron chi connectivity index (χ3n) is 6.17. The fourth-order valence-corrected chi connectivity index (χ4v) is 4.88. The van der Waals surface area contributed by atoms with Crippen LogP contribution in [0.4, 0.5) is 10.1 Å². The van der Waals surface area contributed by atoms with Crippen molar-refractivity contribution in [3.63, 3.8) is 0 Å². The standard InChI is InChI=1S/C24H21ClFN3O3/c1-3-22(31)28-11-14-12-32-21-9-27-19-8-15(23-18(26)5-4-6-20(23)30)17(25)7-16(19)24(21)29(14)10-13(28)2/h3-9,13-14,30H,1,10-12H2,2H3/t13-,14-/m1/s1. The van der Waals surface area contributed by atoms with Crippen LogP contribution in [0.25, 0.3) is 22.0 Å². The molecule has 1 N–H and O–H groups in total. The lowest BCUT2D eigenvalue weighted by Gasteiger charge is -2.48. The number of aromatic hydroxyl groups is 1. The lowest BCUT2D eigenvalue weighted by atomic mass is 9.99. The average molecular weight is 454 g/mol. The summed E-state index contributed by atoms with van der Waals surface area (Å²) in [4.78, 5) is 20.8. The number of phenolic OH excluding ortho intramolecular Hbond substituents is 1. The van der Waals surface area contributed by atoms with Crippen molar-refractivity contribution in [2.45, 2.75) is 19.0 Å². The van der Waals surface area contributed by atoms with Gasteiger partial charge < -0.3 is 19.6 Å². The minimum absolute atomic E-state index is 0.0176. The van der Waals surface area contributed by atoms with Crippen LogP contribution < -0.4 is 9.64 Å². The van der Waals surface area contributed by atoms with Crippen molar-refractivity contribution in [1.29, 1.82) is 0 Å². The summed E-state index contributed by atoms with van der Waals surface area (Å²) in [5, 5.41) is 11.3. The van der Waals surface area contributed by atoms with Gasteiger partial charge in [-0.2, -0.15) is 0 Å². The van der Waals surface area contributed by atoms with Crippen LogP contribution in [0.2, 0.25) is 5.02 Å².